The number of hydrogen-bond acceptors (Lipinski definition) is 6. The Morgan fingerprint density at radius 2 is 1.72 bits per heavy atom. The van der Waals surface area contributed by atoms with Gasteiger partial charge in [0.1, 0.15) is 0 Å². The van der Waals surface area contributed by atoms with E-state index in [1.165, 1.54) is 0 Å². The smallest absolute Gasteiger partial charge is 0.369 e. The van der Waals surface area contributed by atoms with Gasteiger partial charge in [0.05, 0.1) is 12.2 Å². The molecule has 0 radical (unpaired) electrons. The molecule has 104 valence electrons. The van der Waals surface area contributed by atoms with Gasteiger partial charge in [-0.2, -0.15) is 4.89 Å². The third-order valence-electron chi connectivity index (χ3n) is 1.50. The van der Waals surface area contributed by atoms with Crippen molar-refractivity contribution < 1.29 is 29.1 Å². The first-order valence-corrected chi connectivity index (χ1v) is 5.76. The summed E-state index contributed by atoms with van der Waals surface area (Å²) < 4.78 is 4.79. The van der Waals surface area contributed by atoms with Gasteiger partial charge in [0.25, 0.3) is 0 Å². The van der Waals surface area contributed by atoms with Crippen LogP contribution in [-0.4, -0.2) is 24.1 Å². The molecule has 0 aliphatic carbocycles. The van der Waals surface area contributed by atoms with Crippen LogP contribution in [0.2, 0.25) is 0 Å². The number of carbonyl (C=O) groups excluding carboxylic acids is 2. The first-order chi connectivity index (χ1) is 8.35. The van der Waals surface area contributed by atoms with Gasteiger partial charge in [-0.1, -0.05) is 13.3 Å². The molecular formula is C12H20O6. The van der Waals surface area contributed by atoms with E-state index < -0.39 is 17.5 Å². The van der Waals surface area contributed by atoms with Gasteiger partial charge < -0.3 is 4.74 Å². The second-order valence-electron chi connectivity index (χ2n) is 4.52. The standard InChI is InChI=1S/C12H20O6/c1-5-6-9-15-10(13)7-8-11(14)16-18-17-12(2,3)4/h7-8H,5-6,9H2,1-4H3/b8-7+. The fourth-order valence-corrected chi connectivity index (χ4v) is 0.682. The van der Waals surface area contributed by atoms with Crippen LogP contribution < -0.4 is 0 Å². The lowest BCUT2D eigenvalue weighted by molar-refractivity contribution is -0.513. The molecule has 0 aromatic heterocycles. The molecule has 0 saturated carbocycles. The normalized spacial score (nSPS) is 11.6. The predicted octanol–water partition coefficient (Wildman–Crippen LogP) is 2.09. The third kappa shape index (κ3) is 11.1. The molecule has 0 heterocycles. The zero-order valence-corrected chi connectivity index (χ0v) is 11.2. The molecule has 0 unspecified atom stereocenters. The summed E-state index contributed by atoms with van der Waals surface area (Å²) >= 11 is 0. The van der Waals surface area contributed by atoms with Crippen LogP contribution in [0.3, 0.4) is 0 Å². The molecule has 0 saturated heterocycles. The lowest BCUT2D eigenvalue weighted by atomic mass is 10.2. The fraction of sp³-hybridized carbons (Fsp3) is 0.667. The van der Waals surface area contributed by atoms with Gasteiger partial charge in [-0.3, -0.25) is 4.89 Å². The molecule has 0 aliphatic heterocycles. The molecule has 6 nitrogen and oxygen atoms in total. The Morgan fingerprint density at radius 1 is 1.11 bits per heavy atom. The Hall–Kier alpha value is -1.40. The quantitative estimate of drug-likeness (QED) is 0.229. The number of unbranched alkanes of at least 4 members (excludes halogenated alkanes) is 1. The molecule has 0 amide bonds. The highest BCUT2D eigenvalue weighted by Crippen LogP contribution is 2.07. The summed E-state index contributed by atoms with van der Waals surface area (Å²) in [5, 5.41) is 4.24. The van der Waals surface area contributed by atoms with Crippen molar-refractivity contribution in [1.82, 2.24) is 0 Å². The summed E-state index contributed by atoms with van der Waals surface area (Å²) in [4.78, 5) is 31.0. The number of hydrogen-bond donors (Lipinski definition) is 0. The summed E-state index contributed by atoms with van der Waals surface area (Å²) in [5.74, 6) is -1.45. The molecule has 0 spiro atoms. The van der Waals surface area contributed by atoms with Crippen molar-refractivity contribution in [3.05, 3.63) is 12.2 Å². The van der Waals surface area contributed by atoms with Crippen molar-refractivity contribution in [3.8, 4) is 0 Å². The van der Waals surface area contributed by atoms with E-state index in [2.05, 4.69) is 9.93 Å². The molecule has 0 atom stereocenters. The molecule has 0 aromatic carbocycles. The summed E-state index contributed by atoms with van der Waals surface area (Å²) in [6.45, 7) is 7.48. The fourth-order valence-electron chi connectivity index (χ4n) is 0.682. The van der Waals surface area contributed by atoms with E-state index in [-0.39, 0.29) is 0 Å². The maximum Gasteiger partial charge on any atom is 0.369 e. The lowest BCUT2D eigenvalue weighted by Crippen LogP contribution is -2.20. The maximum atomic E-state index is 11.1. The van der Waals surface area contributed by atoms with Crippen molar-refractivity contribution in [2.24, 2.45) is 0 Å². The van der Waals surface area contributed by atoms with Crippen molar-refractivity contribution in [3.63, 3.8) is 0 Å². The van der Waals surface area contributed by atoms with Gasteiger partial charge in [0, 0.05) is 12.2 Å². The van der Waals surface area contributed by atoms with Crippen molar-refractivity contribution in [1.29, 1.82) is 0 Å². The Bertz CT molecular complexity index is 289. The summed E-state index contributed by atoms with van der Waals surface area (Å²) in [6, 6.07) is 0. The van der Waals surface area contributed by atoms with Crippen LogP contribution in [0.1, 0.15) is 40.5 Å². The molecule has 0 fully saturated rings. The van der Waals surface area contributed by atoms with E-state index in [0.717, 1.165) is 25.0 Å². The highest BCUT2D eigenvalue weighted by molar-refractivity contribution is 5.91. The number of ether oxygens (including phenoxy) is 1. The van der Waals surface area contributed by atoms with Crippen molar-refractivity contribution in [2.45, 2.75) is 46.1 Å². The van der Waals surface area contributed by atoms with Gasteiger partial charge in [0.15, 0.2) is 0 Å². The zero-order valence-electron chi connectivity index (χ0n) is 11.2. The van der Waals surface area contributed by atoms with E-state index >= 15 is 0 Å². The van der Waals surface area contributed by atoms with E-state index in [1.807, 2.05) is 6.92 Å². The summed E-state index contributed by atoms with van der Waals surface area (Å²) in [6.07, 6.45) is 3.59. The van der Waals surface area contributed by atoms with Crippen LogP contribution in [-0.2, 0) is 29.1 Å². The van der Waals surface area contributed by atoms with Crippen LogP contribution in [0.15, 0.2) is 12.2 Å². The van der Waals surface area contributed by atoms with E-state index in [4.69, 9.17) is 9.62 Å². The van der Waals surface area contributed by atoms with Gasteiger partial charge >= 0.3 is 11.9 Å². The van der Waals surface area contributed by atoms with Gasteiger partial charge in [-0.15, -0.1) is 0 Å². The molecule has 0 N–H and O–H groups in total. The maximum absolute atomic E-state index is 11.1. The molecule has 0 rings (SSSR count). The average molecular weight is 260 g/mol. The van der Waals surface area contributed by atoms with Crippen LogP contribution in [0.4, 0.5) is 0 Å². The number of carbonyl (C=O) groups is 2. The number of esters is 1. The van der Waals surface area contributed by atoms with Gasteiger partial charge in [-0.25, -0.2) is 9.59 Å². The van der Waals surface area contributed by atoms with Crippen LogP contribution >= 0.6 is 0 Å². The van der Waals surface area contributed by atoms with Gasteiger partial charge in [-0.05, 0) is 32.2 Å². The van der Waals surface area contributed by atoms with Gasteiger partial charge in [0.2, 0.25) is 0 Å². The molecule has 0 aliphatic rings. The number of rotatable bonds is 7. The van der Waals surface area contributed by atoms with E-state index in [1.54, 1.807) is 20.8 Å². The van der Waals surface area contributed by atoms with Crippen LogP contribution in [0, 0.1) is 0 Å². The van der Waals surface area contributed by atoms with Crippen molar-refractivity contribution >= 4 is 11.9 Å². The topological polar surface area (TPSA) is 71.1 Å². The highest BCUT2D eigenvalue weighted by atomic mass is 17.5. The largest absolute Gasteiger partial charge is 0.463 e. The average Bonchev–Trinajstić information content (AvgIpc) is 2.25. The molecular weight excluding hydrogens is 240 g/mol. The molecule has 6 heteroatoms. The predicted molar refractivity (Wildman–Crippen MR) is 63.0 cm³/mol. The van der Waals surface area contributed by atoms with Crippen LogP contribution in [0.5, 0.6) is 0 Å². The van der Waals surface area contributed by atoms with Crippen LogP contribution in [0.25, 0.3) is 0 Å². The summed E-state index contributed by atoms with van der Waals surface area (Å²) in [7, 11) is 0. The Labute approximate surface area is 107 Å². The molecule has 0 aromatic rings. The summed E-state index contributed by atoms with van der Waals surface area (Å²) in [5.41, 5.74) is -0.594. The van der Waals surface area contributed by atoms with E-state index in [9.17, 15) is 9.59 Å². The van der Waals surface area contributed by atoms with Crippen molar-refractivity contribution in [2.75, 3.05) is 6.61 Å². The molecule has 0 bridgehead atoms. The Kier molecular flexibility index (Phi) is 7.98. The second-order valence-corrected chi connectivity index (χ2v) is 4.52. The lowest BCUT2D eigenvalue weighted by Gasteiger charge is -2.14. The molecule has 18 heavy (non-hydrogen) atoms. The highest BCUT2D eigenvalue weighted by Gasteiger charge is 2.13. The first-order valence-electron chi connectivity index (χ1n) is 5.76. The Morgan fingerprint density at radius 3 is 2.28 bits per heavy atom. The van der Waals surface area contributed by atoms with E-state index in [0.29, 0.717) is 6.61 Å². The minimum Gasteiger partial charge on any atom is -0.463 e. The SMILES string of the molecule is CCCCOC(=O)/C=C/C(=O)OOOC(C)(C)C. The second kappa shape index (κ2) is 8.66. The first kappa shape index (κ1) is 16.6. The Balaban J connectivity index is 3.76. The minimum absolute atomic E-state index is 0.332. The minimum atomic E-state index is -0.855. The zero-order chi connectivity index (χ0) is 14.0. The monoisotopic (exact) mass is 260 g/mol. The third-order valence-corrected chi connectivity index (χ3v) is 1.50.